The van der Waals surface area contributed by atoms with Gasteiger partial charge in [0.2, 0.25) is 5.91 Å². The Balaban J connectivity index is 1.50. The van der Waals surface area contributed by atoms with Crippen molar-refractivity contribution in [1.29, 1.82) is 0 Å². The smallest absolute Gasteiger partial charge is 0.335 e. The van der Waals surface area contributed by atoms with Gasteiger partial charge in [-0.05, 0) is 73.5 Å². The Kier molecular flexibility index (Phi) is 7.50. The molecule has 0 unspecified atom stereocenters. The van der Waals surface area contributed by atoms with Gasteiger partial charge in [0, 0.05) is 40.7 Å². The highest BCUT2D eigenvalue weighted by molar-refractivity contribution is 6.31. The van der Waals surface area contributed by atoms with Crippen LogP contribution in [0.2, 0.25) is 10.0 Å². The third-order valence-corrected chi connectivity index (χ3v) is 9.73. The molecule has 234 valence electrons. The van der Waals surface area contributed by atoms with Gasteiger partial charge in [-0.2, -0.15) is 0 Å². The maximum atomic E-state index is 16.3. The van der Waals surface area contributed by atoms with Crippen LogP contribution in [0.4, 0.5) is 10.1 Å². The van der Waals surface area contributed by atoms with Crippen LogP contribution in [0.3, 0.4) is 0 Å². The molecule has 1 fully saturated rings. The predicted molar refractivity (Wildman–Crippen MR) is 174 cm³/mol. The number of amides is 1. The van der Waals surface area contributed by atoms with E-state index < -0.39 is 35.2 Å². The maximum absolute atomic E-state index is 16.3. The summed E-state index contributed by atoms with van der Waals surface area (Å²) in [6.07, 6.45) is 0. The minimum absolute atomic E-state index is 0.0626. The molecular formula is C35H29Cl2FN4O4. The van der Waals surface area contributed by atoms with Crippen molar-refractivity contribution in [3.05, 3.63) is 123 Å². The number of likely N-dealkylation sites (tertiary alicyclic amines) is 1. The normalized spacial score (nSPS) is 22.4. The van der Waals surface area contributed by atoms with E-state index in [1.807, 2.05) is 44.2 Å². The first-order chi connectivity index (χ1) is 22.1. The van der Waals surface area contributed by atoms with Crippen molar-refractivity contribution in [2.75, 3.05) is 11.9 Å². The Bertz CT molecular complexity index is 2030. The lowest BCUT2D eigenvalue weighted by molar-refractivity contribution is -0.128. The van der Waals surface area contributed by atoms with Gasteiger partial charge in [-0.25, -0.2) is 14.2 Å². The fraction of sp³-hybridized carbons (Fsp3) is 0.229. The predicted octanol–water partition coefficient (Wildman–Crippen LogP) is 7.73. The number of halogens is 3. The molecule has 0 aliphatic carbocycles. The number of carboxylic acid groups (broad SMARTS) is 1. The van der Waals surface area contributed by atoms with Gasteiger partial charge in [-0.3, -0.25) is 9.69 Å². The van der Waals surface area contributed by atoms with E-state index >= 15 is 4.39 Å². The summed E-state index contributed by atoms with van der Waals surface area (Å²) < 4.78 is 22.1. The fourth-order valence-corrected chi connectivity index (χ4v) is 7.72. The summed E-state index contributed by atoms with van der Waals surface area (Å²) in [4.78, 5) is 36.7. The number of H-pyrrole nitrogens is 1. The third-order valence-electron chi connectivity index (χ3n) is 9.20. The average Bonchev–Trinajstić information content (AvgIpc) is 3.65. The molecule has 4 atom stereocenters. The molecule has 46 heavy (non-hydrogen) atoms. The number of nitrogens with zero attached hydrogens (tertiary/aromatic N) is 2. The number of anilines is 1. The average molecular weight is 660 g/mol. The topological polar surface area (TPSA) is 108 Å². The minimum Gasteiger partial charge on any atom is -0.494 e. The van der Waals surface area contributed by atoms with E-state index in [-0.39, 0.29) is 22.1 Å². The number of hydrogen-bond donors (Lipinski definition) is 3. The van der Waals surface area contributed by atoms with Gasteiger partial charge in [-0.1, -0.05) is 53.5 Å². The molecule has 1 spiro atoms. The number of aromatic nitrogens is 2. The molecule has 3 N–H and O–H groups in total. The van der Waals surface area contributed by atoms with Gasteiger partial charge in [0.05, 0.1) is 28.2 Å². The fourth-order valence-electron chi connectivity index (χ4n) is 7.37. The van der Waals surface area contributed by atoms with Crippen LogP contribution < -0.4 is 10.1 Å². The SMILES string of the molecule is CCOc1cccc(CN2[C@@H](C)[C@@H](c3nc4cc(C(=O)O)ccc4[nH]3)[C@H](c3cccc(Cl)c3F)[C@]23C(=O)Nc2cc(Cl)ccc23)c1. The van der Waals surface area contributed by atoms with Gasteiger partial charge in [-0.15, -0.1) is 0 Å². The van der Waals surface area contributed by atoms with E-state index in [0.29, 0.717) is 52.0 Å². The van der Waals surface area contributed by atoms with Crippen LogP contribution >= 0.6 is 23.2 Å². The summed E-state index contributed by atoms with van der Waals surface area (Å²) in [6, 6.07) is 22.0. The number of fused-ring (bicyclic) bond motifs is 3. The second-order valence-corrected chi connectivity index (χ2v) is 12.5. The quantitative estimate of drug-likeness (QED) is 0.165. The molecule has 5 aromatic rings. The van der Waals surface area contributed by atoms with Crippen molar-refractivity contribution in [1.82, 2.24) is 14.9 Å². The van der Waals surface area contributed by atoms with E-state index in [4.69, 9.17) is 32.9 Å². The highest BCUT2D eigenvalue weighted by Crippen LogP contribution is 2.62. The molecule has 1 aromatic heterocycles. The van der Waals surface area contributed by atoms with Crippen LogP contribution in [0.5, 0.6) is 5.75 Å². The molecule has 0 radical (unpaired) electrons. The lowest BCUT2D eigenvalue weighted by Crippen LogP contribution is -2.51. The first-order valence-corrected chi connectivity index (χ1v) is 15.7. The Labute approximate surface area is 274 Å². The second-order valence-electron chi connectivity index (χ2n) is 11.7. The Morgan fingerprint density at radius 3 is 2.67 bits per heavy atom. The zero-order chi connectivity index (χ0) is 32.3. The summed E-state index contributed by atoms with van der Waals surface area (Å²) in [5, 5.41) is 13.0. The maximum Gasteiger partial charge on any atom is 0.335 e. The molecule has 4 aromatic carbocycles. The number of hydrogen-bond acceptors (Lipinski definition) is 5. The second kappa shape index (κ2) is 11.4. The van der Waals surface area contributed by atoms with Crippen LogP contribution in [0, 0.1) is 5.82 Å². The van der Waals surface area contributed by atoms with E-state index in [2.05, 4.69) is 15.2 Å². The number of aromatic amines is 1. The number of nitrogens with one attached hydrogen (secondary N) is 2. The lowest BCUT2D eigenvalue weighted by Gasteiger charge is -2.39. The number of benzene rings is 4. The molecule has 3 heterocycles. The molecule has 7 rings (SSSR count). The first kappa shape index (κ1) is 30.2. The van der Waals surface area contributed by atoms with Crippen LogP contribution in [-0.4, -0.2) is 44.5 Å². The van der Waals surface area contributed by atoms with Crippen molar-refractivity contribution < 1.29 is 23.8 Å². The molecule has 2 aliphatic heterocycles. The van der Waals surface area contributed by atoms with Gasteiger partial charge in [0.25, 0.3) is 0 Å². The molecule has 1 amide bonds. The number of carbonyl (C=O) groups excluding carboxylic acids is 1. The van der Waals surface area contributed by atoms with Gasteiger partial charge < -0.3 is 20.1 Å². The lowest BCUT2D eigenvalue weighted by atomic mass is 9.71. The van der Waals surface area contributed by atoms with Gasteiger partial charge >= 0.3 is 5.97 Å². The molecule has 0 saturated carbocycles. The van der Waals surface area contributed by atoms with Gasteiger partial charge in [0.1, 0.15) is 22.9 Å². The molecule has 8 nitrogen and oxygen atoms in total. The minimum atomic E-state index is -1.41. The van der Waals surface area contributed by atoms with E-state index in [0.717, 1.165) is 5.56 Å². The molecule has 2 aliphatic rings. The van der Waals surface area contributed by atoms with Crippen LogP contribution in [-0.2, 0) is 16.9 Å². The van der Waals surface area contributed by atoms with E-state index in [1.165, 1.54) is 18.2 Å². The summed E-state index contributed by atoms with van der Waals surface area (Å²) in [5.41, 5.74) is 2.11. The van der Waals surface area contributed by atoms with Crippen molar-refractivity contribution >= 4 is 51.8 Å². The Hall–Kier alpha value is -4.44. The molecule has 0 bridgehead atoms. The summed E-state index contributed by atoms with van der Waals surface area (Å²) in [7, 11) is 0. The monoisotopic (exact) mass is 658 g/mol. The zero-order valence-electron chi connectivity index (χ0n) is 24.9. The van der Waals surface area contributed by atoms with Crippen molar-refractivity contribution in [3.63, 3.8) is 0 Å². The number of carboxylic acids is 1. The van der Waals surface area contributed by atoms with Crippen molar-refractivity contribution in [2.45, 2.75) is 43.8 Å². The Morgan fingerprint density at radius 2 is 1.89 bits per heavy atom. The van der Waals surface area contributed by atoms with Crippen molar-refractivity contribution in [2.24, 2.45) is 0 Å². The van der Waals surface area contributed by atoms with Gasteiger partial charge in [0.15, 0.2) is 0 Å². The highest BCUT2D eigenvalue weighted by Gasteiger charge is 2.67. The first-order valence-electron chi connectivity index (χ1n) is 14.9. The number of aromatic carboxylic acids is 1. The number of rotatable bonds is 7. The standard InChI is InChI=1S/C35H29Cl2FN4O4/c1-3-46-22-7-4-6-19(14-22)17-42-18(2)29(32-39-26-13-10-20(33(43)44)15-28(26)40-32)30(23-8-5-9-25(37)31(23)38)35(42)24-12-11-21(36)16-27(24)41-34(35)45/h4-16,18,29-30H,3,17H2,1-2H3,(H,39,40)(H,41,45)(H,43,44)/t18-,29+,30-,35+/m0/s1. The van der Waals surface area contributed by atoms with Crippen LogP contribution in [0.15, 0.2) is 78.9 Å². The van der Waals surface area contributed by atoms with Crippen LogP contribution in [0.1, 0.15) is 58.6 Å². The molecule has 11 heteroatoms. The van der Waals surface area contributed by atoms with E-state index in [1.54, 1.807) is 30.3 Å². The number of ether oxygens (including phenoxy) is 1. The number of imidazole rings is 1. The number of carbonyl (C=O) groups is 2. The third kappa shape index (κ3) is 4.64. The van der Waals surface area contributed by atoms with E-state index in [9.17, 15) is 14.7 Å². The van der Waals surface area contributed by atoms with Crippen molar-refractivity contribution in [3.8, 4) is 5.75 Å². The highest BCUT2D eigenvalue weighted by atomic mass is 35.5. The molecular weight excluding hydrogens is 630 g/mol. The summed E-state index contributed by atoms with van der Waals surface area (Å²) in [5.74, 6) is -2.22. The largest absolute Gasteiger partial charge is 0.494 e. The summed E-state index contributed by atoms with van der Waals surface area (Å²) in [6.45, 7) is 4.73. The molecule has 1 saturated heterocycles. The Morgan fingerprint density at radius 1 is 1.09 bits per heavy atom. The zero-order valence-corrected chi connectivity index (χ0v) is 26.4. The summed E-state index contributed by atoms with van der Waals surface area (Å²) >= 11 is 12.8. The van der Waals surface area contributed by atoms with Crippen LogP contribution in [0.25, 0.3) is 11.0 Å².